The first-order chi connectivity index (χ1) is 6.38. The van der Waals surface area contributed by atoms with Crippen LogP contribution in [0.5, 0.6) is 5.75 Å². The molecule has 3 heteroatoms. The van der Waals surface area contributed by atoms with Gasteiger partial charge in [-0.05, 0) is 18.1 Å². The second-order valence-electron chi connectivity index (χ2n) is 2.33. The van der Waals surface area contributed by atoms with Gasteiger partial charge in [0.05, 0.1) is 7.11 Å². The Bertz CT molecular complexity index is 327. The highest BCUT2D eigenvalue weighted by Gasteiger charge is 1.97. The molecule has 1 rings (SSSR count). The van der Waals surface area contributed by atoms with Crippen LogP contribution in [0.15, 0.2) is 18.3 Å². The molecule has 1 aromatic heterocycles. The molecule has 68 valence electrons. The predicted octanol–water partition coefficient (Wildman–Crippen LogP) is 1.76. The summed E-state index contributed by atoms with van der Waals surface area (Å²) >= 11 is 4.06. The van der Waals surface area contributed by atoms with Crippen molar-refractivity contribution < 1.29 is 4.74 Å². The number of pyridine rings is 1. The molecule has 0 fully saturated rings. The van der Waals surface area contributed by atoms with E-state index in [0.29, 0.717) is 11.4 Å². The Morgan fingerprint density at radius 3 is 3.15 bits per heavy atom. The van der Waals surface area contributed by atoms with Gasteiger partial charge in [0, 0.05) is 18.4 Å². The van der Waals surface area contributed by atoms with E-state index in [-0.39, 0.29) is 0 Å². The number of aromatic nitrogens is 1. The van der Waals surface area contributed by atoms with Crippen molar-refractivity contribution in [2.75, 3.05) is 12.9 Å². The second-order valence-corrected chi connectivity index (χ2v) is 2.78. The Morgan fingerprint density at radius 1 is 1.62 bits per heavy atom. The molecular formula is C10H11NOS. The average Bonchev–Trinajstić information content (AvgIpc) is 2.19. The van der Waals surface area contributed by atoms with Gasteiger partial charge in [0.15, 0.2) is 11.4 Å². The Hall–Kier alpha value is -1.14. The largest absolute Gasteiger partial charge is 0.494 e. The molecule has 0 aliphatic carbocycles. The molecule has 0 spiro atoms. The predicted molar refractivity (Wildman–Crippen MR) is 56.1 cm³/mol. The molecule has 0 radical (unpaired) electrons. The van der Waals surface area contributed by atoms with Gasteiger partial charge in [0.25, 0.3) is 0 Å². The quantitative estimate of drug-likeness (QED) is 0.571. The molecule has 0 bridgehead atoms. The minimum absolute atomic E-state index is 0.687. The third kappa shape index (κ3) is 3.00. The second kappa shape index (κ2) is 5.50. The van der Waals surface area contributed by atoms with Gasteiger partial charge in [0.2, 0.25) is 0 Å². The van der Waals surface area contributed by atoms with E-state index in [1.54, 1.807) is 13.3 Å². The fraction of sp³-hybridized carbons (Fsp3) is 0.300. The minimum Gasteiger partial charge on any atom is -0.494 e. The van der Waals surface area contributed by atoms with Crippen LogP contribution < -0.4 is 4.74 Å². The number of nitrogens with zero attached hydrogens (tertiary/aromatic N) is 1. The number of rotatable bonds is 2. The zero-order valence-corrected chi connectivity index (χ0v) is 8.34. The van der Waals surface area contributed by atoms with Crippen molar-refractivity contribution in [3.05, 3.63) is 24.0 Å². The Kier molecular flexibility index (Phi) is 4.20. The first-order valence-electron chi connectivity index (χ1n) is 3.97. The van der Waals surface area contributed by atoms with Gasteiger partial charge >= 0.3 is 0 Å². The minimum atomic E-state index is 0.687. The van der Waals surface area contributed by atoms with Gasteiger partial charge in [-0.15, -0.1) is 0 Å². The summed E-state index contributed by atoms with van der Waals surface area (Å²) in [6.07, 6.45) is 2.47. The van der Waals surface area contributed by atoms with Crippen molar-refractivity contribution in [2.45, 2.75) is 6.42 Å². The van der Waals surface area contributed by atoms with Crippen LogP contribution in [0.3, 0.4) is 0 Å². The molecule has 0 saturated carbocycles. The van der Waals surface area contributed by atoms with Gasteiger partial charge in [-0.25, -0.2) is 4.98 Å². The lowest BCUT2D eigenvalue weighted by Crippen LogP contribution is -1.89. The zero-order chi connectivity index (χ0) is 9.52. The lowest BCUT2D eigenvalue weighted by molar-refractivity contribution is 0.411. The first-order valence-corrected chi connectivity index (χ1v) is 4.60. The van der Waals surface area contributed by atoms with Crippen molar-refractivity contribution >= 4 is 12.6 Å². The molecular weight excluding hydrogens is 182 g/mol. The molecule has 13 heavy (non-hydrogen) atoms. The van der Waals surface area contributed by atoms with Crippen LogP contribution in [-0.4, -0.2) is 17.8 Å². The van der Waals surface area contributed by atoms with E-state index in [2.05, 4.69) is 29.5 Å². The fourth-order valence-electron chi connectivity index (χ4n) is 0.851. The summed E-state index contributed by atoms with van der Waals surface area (Å²) in [6, 6.07) is 3.67. The normalized spacial score (nSPS) is 8.77. The Morgan fingerprint density at radius 2 is 2.46 bits per heavy atom. The highest BCUT2D eigenvalue weighted by atomic mass is 32.1. The lowest BCUT2D eigenvalue weighted by Gasteiger charge is -1.99. The van der Waals surface area contributed by atoms with Crippen LogP contribution in [0, 0.1) is 11.8 Å². The smallest absolute Gasteiger partial charge is 0.155 e. The Labute approximate surface area is 83.7 Å². The third-order valence-electron chi connectivity index (χ3n) is 1.43. The van der Waals surface area contributed by atoms with Crippen LogP contribution in [0.1, 0.15) is 12.1 Å². The molecule has 0 atom stereocenters. The van der Waals surface area contributed by atoms with Gasteiger partial charge in [-0.2, -0.15) is 12.6 Å². The molecule has 1 heterocycles. The third-order valence-corrected chi connectivity index (χ3v) is 1.66. The molecule has 1 aromatic rings. The van der Waals surface area contributed by atoms with E-state index in [4.69, 9.17) is 4.74 Å². The highest BCUT2D eigenvalue weighted by Crippen LogP contribution is 2.12. The zero-order valence-electron chi connectivity index (χ0n) is 7.45. The van der Waals surface area contributed by atoms with Crippen LogP contribution in [0.25, 0.3) is 0 Å². The van der Waals surface area contributed by atoms with Crippen LogP contribution >= 0.6 is 12.6 Å². The van der Waals surface area contributed by atoms with Crippen molar-refractivity contribution in [3.8, 4) is 17.6 Å². The monoisotopic (exact) mass is 193 g/mol. The van der Waals surface area contributed by atoms with Crippen LogP contribution in [0.4, 0.5) is 0 Å². The van der Waals surface area contributed by atoms with E-state index in [9.17, 15) is 0 Å². The van der Waals surface area contributed by atoms with Gasteiger partial charge in [-0.1, -0.05) is 5.92 Å². The number of methoxy groups -OCH3 is 1. The summed E-state index contributed by atoms with van der Waals surface area (Å²) in [5.41, 5.74) is 0.687. The standard InChI is InChI=1S/C10H11NOS/c1-12-10-6-4-7-11-9(10)5-2-3-8-13/h4,6-7,13H,3,8H2,1H3. The summed E-state index contributed by atoms with van der Waals surface area (Å²) in [5.74, 6) is 7.37. The summed E-state index contributed by atoms with van der Waals surface area (Å²) in [6.45, 7) is 0. The number of ether oxygens (including phenoxy) is 1. The van der Waals surface area contributed by atoms with Crippen molar-refractivity contribution in [2.24, 2.45) is 0 Å². The Balaban J connectivity index is 2.82. The van der Waals surface area contributed by atoms with Gasteiger partial charge < -0.3 is 4.74 Å². The van der Waals surface area contributed by atoms with E-state index in [1.165, 1.54) is 0 Å². The molecule has 0 aromatic carbocycles. The lowest BCUT2D eigenvalue weighted by atomic mass is 10.3. The summed E-state index contributed by atoms with van der Waals surface area (Å²) in [5, 5.41) is 0. The number of thiol groups is 1. The van der Waals surface area contributed by atoms with E-state index in [0.717, 1.165) is 12.2 Å². The maximum absolute atomic E-state index is 5.09. The SMILES string of the molecule is COc1cccnc1C#CCCS. The highest BCUT2D eigenvalue weighted by molar-refractivity contribution is 7.80. The van der Waals surface area contributed by atoms with Gasteiger partial charge in [0.1, 0.15) is 0 Å². The van der Waals surface area contributed by atoms with Crippen LogP contribution in [-0.2, 0) is 0 Å². The van der Waals surface area contributed by atoms with Crippen molar-refractivity contribution in [1.82, 2.24) is 4.98 Å². The molecule has 0 N–H and O–H groups in total. The molecule has 0 saturated heterocycles. The topological polar surface area (TPSA) is 22.1 Å². The number of hydrogen-bond donors (Lipinski definition) is 1. The summed E-state index contributed by atoms with van der Waals surface area (Å²) in [7, 11) is 1.61. The van der Waals surface area contributed by atoms with E-state index < -0.39 is 0 Å². The molecule has 0 aliphatic rings. The molecule has 0 aliphatic heterocycles. The summed E-state index contributed by atoms with van der Waals surface area (Å²) < 4.78 is 5.09. The molecule has 2 nitrogen and oxygen atoms in total. The maximum atomic E-state index is 5.09. The van der Waals surface area contributed by atoms with Crippen molar-refractivity contribution in [1.29, 1.82) is 0 Å². The molecule has 0 amide bonds. The van der Waals surface area contributed by atoms with Gasteiger partial charge in [-0.3, -0.25) is 0 Å². The maximum Gasteiger partial charge on any atom is 0.155 e. The van der Waals surface area contributed by atoms with Crippen LogP contribution in [0.2, 0.25) is 0 Å². The number of hydrogen-bond acceptors (Lipinski definition) is 3. The fourth-order valence-corrected chi connectivity index (χ4v) is 0.963. The van der Waals surface area contributed by atoms with Crippen molar-refractivity contribution in [3.63, 3.8) is 0 Å². The molecule has 0 unspecified atom stereocenters. The van der Waals surface area contributed by atoms with E-state index >= 15 is 0 Å². The first kappa shape index (κ1) is 9.94. The summed E-state index contributed by atoms with van der Waals surface area (Å²) in [4.78, 5) is 4.10. The average molecular weight is 193 g/mol. The van der Waals surface area contributed by atoms with E-state index in [1.807, 2.05) is 12.1 Å².